The summed E-state index contributed by atoms with van der Waals surface area (Å²) in [6.45, 7) is 4.86. The van der Waals surface area contributed by atoms with E-state index >= 15 is 0 Å². The van der Waals surface area contributed by atoms with Crippen molar-refractivity contribution in [3.05, 3.63) is 95.6 Å². The molecular weight excluding hydrogens is 412 g/mol. The van der Waals surface area contributed by atoms with Gasteiger partial charge in [0.05, 0.1) is 5.92 Å². The van der Waals surface area contributed by atoms with Crippen molar-refractivity contribution >= 4 is 17.5 Å². The zero-order chi connectivity index (χ0) is 23.2. The Hall–Kier alpha value is -3.60. The van der Waals surface area contributed by atoms with E-state index in [0.29, 0.717) is 30.9 Å². The van der Waals surface area contributed by atoms with Crippen LogP contribution < -0.4 is 10.1 Å². The number of nitrogens with zero attached hydrogens (tertiary/aromatic N) is 1. The number of carbonyl (C=O) groups excluding carboxylic acids is 2. The summed E-state index contributed by atoms with van der Waals surface area (Å²) in [6.07, 6.45) is 0.939. The molecule has 0 saturated heterocycles. The van der Waals surface area contributed by atoms with Crippen LogP contribution in [0.2, 0.25) is 0 Å². The van der Waals surface area contributed by atoms with Crippen LogP contribution in [0.3, 0.4) is 0 Å². The van der Waals surface area contributed by atoms with Gasteiger partial charge in [-0.1, -0.05) is 67.6 Å². The maximum Gasteiger partial charge on any atom is 0.263 e. The molecule has 1 N–H and O–H groups in total. The van der Waals surface area contributed by atoms with Crippen LogP contribution >= 0.6 is 0 Å². The molecule has 5 heteroatoms. The maximum absolute atomic E-state index is 13.0. The topological polar surface area (TPSA) is 58.6 Å². The number of benzene rings is 3. The second kappa shape index (κ2) is 10.3. The van der Waals surface area contributed by atoms with Crippen LogP contribution in [0.25, 0.3) is 0 Å². The fourth-order valence-electron chi connectivity index (χ4n) is 4.26. The van der Waals surface area contributed by atoms with Crippen LogP contribution in [-0.4, -0.2) is 29.4 Å². The number of hydrogen-bond acceptors (Lipinski definition) is 3. The Morgan fingerprint density at radius 3 is 2.45 bits per heavy atom. The maximum atomic E-state index is 13.0. The summed E-state index contributed by atoms with van der Waals surface area (Å²) in [5, 5.41) is 3.06. The molecule has 3 aromatic rings. The standard InChI is InChI=1S/C28H30N2O3/c1-3-25(22-12-8-5-9-13-22)27(31)29-24-14-15-26-23(18-24)19-30(28(32)20(2)33-26)17-16-21-10-6-4-7-11-21/h4-15,18,20,25H,3,16-17,19H2,1-2H3,(H,29,31)/t20-,25+/m1/s1. The lowest BCUT2D eigenvalue weighted by molar-refractivity contribution is -0.137. The summed E-state index contributed by atoms with van der Waals surface area (Å²) >= 11 is 0. The van der Waals surface area contributed by atoms with Crippen LogP contribution in [0.4, 0.5) is 5.69 Å². The number of hydrogen-bond donors (Lipinski definition) is 1. The first kappa shape index (κ1) is 22.6. The highest BCUT2D eigenvalue weighted by molar-refractivity contribution is 5.96. The SMILES string of the molecule is CC[C@H](C(=O)Nc1ccc2c(c1)CN(CCc1ccccc1)C(=O)[C@@H](C)O2)c1ccccc1. The van der Waals surface area contributed by atoms with E-state index in [2.05, 4.69) is 17.4 Å². The highest BCUT2D eigenvalue weighted by atomic mass is 16.5. The third-order valence-electron chi connectivity index (χ3n) is 6.09. The predicted molar refractivity (Wildman–Crippen MR) is 130 cm³/mol. The number of amides is 2. The van der Waals surface area contributed by atoms with Gasteiger partial charge in [0.25, 0.3) is 5.91 Å². The van der Waals surface area contributed by atoms with E-state index in [9.17, 15) is 9.59 Å². The van der Waals surface area contributed by atoms with Crippen LogP contribution in [-0.2, 0) is 22.6 Å². The van der Waals surface area contributed by atoms with E-state index in [1.807, 2.05) is 78.6 Å². The highest BCUT2D eigenvalue weighted by Gasteiger charge is 2.28. The zero-order valence-corrected chi connectivity index (χ0v) is 19.2. The molecule has 0 saturated carbocycles. The molecule has 0 aromatic heterocycles. The molecule has 170 valence electrons. The molecule has 0 fully saturated rings. The highest BCUT2D eigenvalue weighted by Crippen LogP contribution is 2.30. The molecule has 1 heterocycles. The molecule has 0 aliphatic carbocycles. The molecule has 33 heavy (non-hydrogen) atoms. The van der Waals surface area contributed by atoms with Crippen molar-refractivity contribution < 1.29 is 14.3 Å². The van der Waals surface area contributed by atoms with Crippen molar-refractivity contribution in [2.75, 3.05) is 11.9 Å². The minimum Gasteiger partial charge on any atom is -0.481 e. The van der Waals surface area contributed by atoms with Gasteiger partial charge in [-0.25, -0.2) is 0 Å². The quantitative estimate of drug-likeness (QED) is 0.549. The Morgan fingerprint density at radius 2 is 1.76 bits per heavy atom. The second-order valence-corrected chi connectivity index (χ2v) is 8.44. The third-order valence-corrected chi connectivity index (χ3v) is 6.09. The number of ether oxygens (including phenoxy) is 1. The summed E-state index contributed by atoms with van der Waals surface area (Å²) in [5.74, 6) is 0.405. The second-order valence-electron chi connectivity index (χ2n) is 8.44. The van der Waals surface area contributed by atoms with Crippen molar-refractivity contribution in [2.45, 2.75) is 45.3 Å². The summed E-state index contributed by atoms with van der Waals surface area (Å²) < 4.78 is 5.95. The first-order valence-corrected chi connectivity index (χ1v) is 11.5. The first-order valence-electron chi connectivity index (χ1n) is 11.5. The molecule has 2 atom stereocenters. The summed E-state index contributed by atoms with van der Waals surface area (Å²) in [5.41, 5.74) is 3.80. The number of fused-ring (bicyclic) bond motifs is 1. The Balaban J connectivity index is 1.50. The average Bonchev–Trinajstić information content (AvgIpc) is 2.95. The summed E-state index contributed by atoms with van der Waals surface area (Å²) in [6, 6.07) is 25.6. The van der Waals surface area contributed by atoms with Crippen LogP contribution in [0.5, 0.6) is 5.75 Å². The Morgan fingerprint density at radius 1 is 1.06 bits per heavy atom. The van der Waals surface area contributed by atoms with Gasteiger partial charge in [-0.2, -0.15) is 0 Å². The molecule has 0 spiro atoms. The van der Waals surface area contributed by atoms with E-state index in [1.165, 1.54) is 5.56 Å². The molecule has 0 radical (unpaired) electrons. The minimum atomic E-state index is -0.551. The van der Waals surface area contributed by atoms with Gasteiger partial charge in [-0.05, 0) is 49.1 Å². The van der Waals surface area contributed by atoms with E-state index in [0.717, 1.165) is 17.5 Å². The predicted octanol–water partition coefficient (Wildman–Crippen LogP) is 5.17. The molecule has 0 bridgehead atoms. The molecule has 0 unspecified atom stereocenters. The summed E-state index contributed by atoms with van der Waals surface area (Å²) in [4.78, 5) is 27.8. The van der Waals surface area contributed by atoms with Crippen molar-refractivity contribution in [3.8, 4) is 5.75 Å². The average molecular weight is 443 g/mol. The number of rotatable bonds is 7. The van der Waals surface area contributed by atoms with Gasteiger partial charge in [0.15, 0.2) is 6.10 Å². The fraction of sp³-hybridized carbons (Fsp3) is 0.286. The third kappa shape index (κ3) is 5.43. The van der Waals surface area contributed by atoms with Gasteiger partial charge in [0.2, 0.25) is 5.91 Å². The van der Waals surface area contributed by atoms with E-state index < -0.39 is 6.10 Å². The van der Waals surface area contributed by atoms with Gasteiger partial charge in [-0.3, -0.25) is 9.59 Å². The lowest BCUT2D eigenvalue weighted by Gasteiger charge is -2.22. The normalized spacial score (nSPS) is 16.4. The number of anilines is 1. The molecule has 4 rings (SSSR count). The molecule has 1 aliphatic heterocycles. The number of nitrogens with one attached hydrogen (secondary N) is 1. The Bertz CT molecular complexity index is 1100. The molecular formula is C28H30N2O3. The lowest BCUT2D eigenvalue weighted by atomic mass is 9.95. The van der Waals surface area contributed by atoms with Crippen LogP contribution in [0.15, 0.2) is 78.9 Å². The van der Waals surface area contributed by atoms with Gasteiger partial charge in [-0.15, -0.1) is 0 Å². The van der Waals surface area contributed by atoms with Gasteiger partial charge < -0.3 is 15.0 Å². The molecule has 3 aromatic carbocycles. The molecule has 5 nitrogen and oxygen atoms in total. The van der Waals surface area contributed by atoms with Gasteiger partial charge in [0.1, 0.15) is 5.75 Å². The first-order chi connectivity index (χ1) is 16.0. The summed E-state index contributed by atoms with van der Waals surface area (Å²) in [7, 11) is 0. The lowest BCUT2D eigenvalue weighted by Crippen LogP contribution is -2.39. The monoisotopic (exact) mass is 442 g/mol. The Labute approximate surface area is 195 Å². The zero-order valence-electron chi connectivity index (χ0n) is 19.2. The van der Waals surface area contributed by atoms with Crippen LogP contribution in [0.1, 0.15) is 42.9 Å². The van der Waals surface area contributed by atoms with E-state index in [4.69, 9.17) is 4.74 Å². The van der Waals surface area contributed by atoms with Crippen molar-refractivity contribution in [1.29, 1.82) is 0 Å². The molecule has 2 amide bonds. The van der Waals surface area contributed by atoms with Gasteiger partial charge in [0, 0.05) is 24.3 Å². The molecule has 1 aliphatic rings. The Kier molecular flexibility index (Phi) is 7.08. The van der Waals surface area contributed by atoms with Crippen LogP contribution in [0, 0.1) is 0 Å². The number of carbonyl (C=O) groups is 2. The van der Waals surface area contributed by atoms with Crippen molar-refractivity contribution in [3.63, 3.8) is 0 Å². The van der Waals surface area contributed by atoms with E-state index in [1.54, 1.807) is 6.92 Å². The van der Waals surface area contributed by atoms with E-state index in [-0.39, 0.29) is 17.7 Å². The van der Waals surface area contributed by atoms with Crippen molar-refractivity contribution in [1.82, 2.24) is 4.90 Å². The minimum absolute atomic E-state index is 0.0251. The van der Waals surface area contributed by atoms with Gasteiger partial charge >= 0.3 is 0 Å². The smallest absolute Gasteiger partial charge is 0.263 e. The van der Waals surface area contributed by atoms with Crippen molar-refractivity contribution in [2.24, 2.45) is 0 Å². The fourth-order valence-corrected chi connectivity index (χ4v) is 4.26. The largest absolute Gasteiger partial charge is 0.481 e.